The first-order chi connectivity index (χ1) is 7.04. The molecule has 1 aliphatic rings. The molecule has 1 saturated carbocycles. The molecule has 2 unspecified atom stereocenters. The third kappa shape index (κ3) is 3.20. The third-order valence-corrected chi connectivity index (χ3v) is 2.90. The van der Waals surface area contributed by atoms with Crippen molar-refractivity contribution in [1.82, 2.24) is 5.32 Å². The van der Waals surface area contributed by atoms with Gasteiger partial charge in [0.15, 0.2) is 0 Å². The molecule has 5 nitrogen and oxygen atoms in total. The van der Waals surface area contributed by atoms with E-state index < -0.39 is 12.0 Å². The van der Waals surface area contributed by atoms with E-state index in [1.807, 2.05) is 6.92 Å². The molecule has 0 bridgehead atoms. The molecule has 15 heavy (non-hydrogen) atoms. The van der Waals surface area contributed by atoms with Crippen molar-refractivity contribution in [2.75, 3.05) is 0 Å². The fraction of sp³-hybridized carbons (Fsp3) is 0.800. The van der Waals surface area contributed by atoms with Crippen LogP contribution >= 0.6 is 0 Å². The summed E-state index contributed by atoms with van der Waals surface area (Å²) in [6.45, 7) is 1.85. The van der Waals surface area contributed by atoms with Crippen molar-refractivity contribution in [3.8, 4) is 0 Å². The molecule has 1 amide bonds. The van der Waals surface area contributed by atoms with Crippen LogP contribution in [0.1, 0.15) is 32.6 Å². The molecule has 0 aromatic heterocycles. The molecule has 4 N–H and O–H groups in total. The first-order valence-electron chi connectivity index (χ1n) is 5.33. The second-order valence-corrected chi connectivity index (χ2v) is 4.07. The highest BCUT2D eigenvalue weighted by Gasteiger charge is 2.31. The number of nitrogens with two attached hydrogens (primary N) is 1. The summed E-state index contributed by atoms with van der Waals surface area (Å²) < 4.78 is 0. The van der Waals surface area contributed by atoms with Crippen LogP contribution in [-0.2, 0) is 9.59 Å². The third-order valence-electron chi connectivity index (χ3n) is 2.90. The van der Waals surface area contributed by atoms with Gasteiger partial charge in [0.05, 0.1) is 12.0 Å². The van der Waals surface area contributed by atoms with Crippen LogP contribution in [0, 0.1) is 5.92 Å². The monoisotopic (exact) mass is 214 g/mol. The minimum atomic E-state index is -0.772. The number of carboxylic acids is 1. The van der Waals surface area contributed by atoms with Gasteiger partial charge in [-0.2, -0.15) is 0 Å². The van der Waals surface area contributed by atoms with Gasteiger partial charge in [0.1, 0.15) is 0 Å². The lowest BCUT2D eigenvalue weighted by Gasteiger charge is -2.15. The summed E-state index contributed by atoms with van der Waals surface area (Å²) in [7, 11) is 0. The van der Waals surface area contributed by atoms with Crippen molar-refractivity contribution in [2.24, 2.45) is 11.7 Å². The van der Waals surface area contributed by atoms with E-state index in [9.17, 15) is 9.59 Å². The van der Waals surface area contributed by atoms with Crippen LogP contribution in [0.25, 0.3) is 0 Å². The maximum Gasteiger partial charge on any atom is 0.306 e. The quantitative estimate of drug-likeness (QED) is 0.618. The maximum atomic E-state index is 11.4. The lowest BCUT2D eigenvalue weighted by atomic mass is 10.1. The van der Waals surface area contributed by atoms with E-state index in [-0.39, 0.29) is 17.9 Å². The predicted octanol–water partition coefficient (Wildman–Crippen LogP) is 0.0932. The van der Waals surface area contributed by atoms with E-state index >= 15 is 0 Å². The molecule has 3 atom stereocenters. The Morgan fingerprint density at radius 3 is 2.67 bits per heavy atom. The van der Waals surface area contributed by atoms with Gasteiger partial charge >= 0.3 is 5.97 Å². The van der Waals surface area contributed by atoms with Gasteiger partial charge in [-0.25, -0.2) is 0 Å². The second kappa shape index (κ2) is 5.11. The van der Waals surface area contributed by atoms with E-state index in [4.69, 9.17) is 10.8 Å². The van der Waals surface area contributed by atoms with Crippen molar-refractivity contribution in [3.05, 3.63) is 0 Å². The fourth-order valence-electron chi connectivity index (χ4n) is 1.83. The summed E-state index contributed by atoms with van der Waals surface area (Å²) in [5.74, 6) is -1.26. The smallest absolute Gasteiger partial charge is 0.306 e. The van der Waals surface area contributed by atoms with Crippen molar-refractivity contribution in [2.45, 2.75) is 44.7 Å². The second-order valence-electron chi connectivity index (χ2n) is 4.07. The number of nitrogens with one attached hydrogen (secondary N) is 1. The van der Waals surface area contributed by atoms with Crippen LogP contribution in [0.5, 0.6) is 0 Å². The zero-order valence-corrected chi connectivity index (χ0v) is 8.90. The Hall–Kier alpha value is -1.10. The van der Waals surface area contributed by atoms with Crippen LogP contribution < -0.4 is 11.1 Å². The number of carbonyl (C=O) groups excluding carboxylic acids is 1. The summed E-state index contributed by atoms with van der Waals surface area (Å²) in [5.41, 5.74) is 5.56. The Kier molecular flexibility index (Phi) is 4.08. The summed E-state index contributed by atoms with van der Waals surface area (Å²) in [5, 5.41) is 11.6. The minimum absolute atomic E-state index is 0.0174. The van der Waals surface area contributed by atoms with Gasteiger partial charge in [0.2, 0.25) is 5.91 Å². The number of rotatable bonds is 4. The molecule has 0 radical (unpaired) electrons. The van der Waals surface area contributed by atoms with Crippen LogP contribution in [-0.4, -0.2) is 29.1 Å². The van der Waals surface area contributed by atoms with Crippen LogP contribution in [0.2, 0.25) is 0 Å². The van der Waals surface area contributed by atoms with Gasteiger partial charge < -0.3 is 16.2 Å². The Bertz CT molecular complexity index is 255. The molecule has 0 saturated heterocycles. The SMILES string of the molecule is CC[C@@H](N)C(=O)NC1CCC(C(=O)O)C1. The van der Waals surface area contributed by atoms with Crippen molar-refractivity contribution in [3.63, 3.8) is 0 Å². The molecule has 86 valence electrons. The van der Waals surface area contributed by atoms with Crippen molar-refractivity contribution in [1.29, 1.82) is 0 Å². The summed E-state index contributed by atoms with van der Waals surface area (Å²) >= 11 is 0. The highest BCUT2D eigenvalue weighted by molar-refractivity contribution is 5.81. The average molecular weight is 214 g/mol. The molecule has 0 spiro atoms. The Morgan fingerprint density at radius 2 is 2.20 bits per heavy atom. The lowest BCUT2D eigenvalue weighted by molar-refractivity contribution is -0.141. The summed E-state index contributed by atoms with van der Waals surface area (Å²) in [6, 6.07) is -0.495. The zero-order valence-electron chi connectivity index (χ0n) is 8.90. The highest BCUT2D eigenvalue weighted by Crippen LogP contribution is 2.25. The van der Waals surface area contributed by atoms with Crippen LogP contribution in [0.15, 0.2) is 0 Å². The predicted molar refractivity (Wildman–Crippen MR) is 55.2 cm³/mol. The lowest BCUT2D eigenvalue weighted by Crippen LogP contribution is -2.44. The van der Waals surface area contributed by atoms with Crippen LogP contribution in [0.3, 0.4) is 0 Å². The van der Waals surface area contributed by atoms with Gasteiger partial charge in [-0.1, -0.05) is 6.92 Å². The average Bonchev–Trinajstić information content (AvgIpc) is 2.65. The molecule has 5 heteroatoms. The van der Waals surface area contributed by atoms with E-state index in [2.05, 4.69) is 5.32 Å². The van der Waals surface area contributed by atoms with E-state index in [0.717, 1.165) is 6.42 Å². The fourth-order valence-corrected chi connectivity index (χ4v) is 1.83. The molecule has 1 aliphatic carbocycles. The number of hydrogen-bond acceptors (Lipinski definition) is 3. The standard InChI is InChI=1S/C10H18N2O3/c1-2-8(11)9(13)12-7-4-3-6(5-7)10(14)15/h6-8H,2-5,11H2,1H3,(H,12,13)(H,14,15)/t6?,7?,8-/m1/s1. The number of aliphatic carboxylic acids is 1. The number of carboxylic acid groups (broad SMARTS) is 1. The van der Waals surface area contributed by atoms with Crippen molar-refractivity contribution < 1.29 is 14.7 Å². The Morgan fingerprint density at radius 1 is 1.53 bits per heavy atom. The van der Waals surface area contributed by atoms with E-state index in [1.54, 1.807) is 0 Å². The molecular formula is C10H18N2O3. The van der Waals surface area contributed by atoms with Gasteiger partial charge in [-0.15, -0.1) is 0 Å². The molecule has 1 rings (SSSR count). The molecule has 1 fully saturated rings. The molecule has 0 heterocycles. The van der Waals surface area contributed by atoms with Gasteiger partial charge in [0, 0.05) is 6.04 Å². The summed E-state index contributed by atoms with van der Waals surface area (Å²) in [6.07, 6.45) is 2.50. The normalized spacial score (nSPS) is 27.3. The van der Waals surface area contributed by atoms with E-state index in [0.29, 0.717) is 19.3 Å². The van der Waals surface area contributed by atoms with E-state index in [1.165, 1.54) is 0 Å². The van der Waals surface area contributed by atoms with Crippen molar-refractivity contribution >= 4 is 11.9 Å². The van der Waals surface area contributed by atoms with Gasteiger partial charge in [-0.3, -0.25) is 9.59 Å². The Labute approximate surface area is 89.0 Å². The topological polar surface area (TPSA) is 92.4 Å². The van der Waals surface area contributed by atoms with Crippen LogP contribution in [0.4, 0.5) is 0 Å². The first-order valence-corrected chi connectivity index (χ1v) is 5.33. The zero-order chi connectivity index (χ0) is 11.4. The first kappa shape index (κ1) is 12.0. The molecule has 0 aromatic carbocycles. The van der Waals surface area contributed by atoms with Gasteiger partial charge in [-0.05, 0) is 25.7 Å². The molecule has 0 aliphatic heterocycles. The maximum absolute atomic E-state index is 11.4. The molecular weight excluding hydrogens is 196 g/mol. The number of carbonyl (C=O) groups is 2. The largest absolute Gasteiger partial charge is 0.481 e. The highest BCUT2D eigenvalue weighted by atomic mass is 16.4. The summed E-state index contributed by atoms with van der Waals surface area (Å²) in [4.78, 5) is 22.1. The number of hydrogen-bond donors (Lipinski definition) is 3. The molecule has 0 aromatic rings. The van der Waals surface area contributed by atoms with Gasteiger partial charge in [0.25, 0.3) is 0 Å². The minimum Gasteiger partial charge on any atom is -0.481 e. The Balaban J connectivity index is 2.36. The number of amides is 1.